The van der Waals surface area contributed by atoms with Gasteiger partial charge in [0, 0.05) is 0 Å². The van der Waals surface area contributed by atoms with Gasteiger partial charge in [-0.3, -0.25) is 0 Å². The molecule has 13 heavy (non-hydrogen) atoms. The summed E-state index contributed by atoms with van der Waals surface area (Å²) in [5, 5.41) is 0. The van der Waals surface area contributed by atoms with Crippen LogP contribution in [0.15, 0.2) is 11.6 Å². The van der Waals surface area contributed by atoms with Gasteiger partial charge >= 0.3 is 0 Å². The van der Waals surface area contributed by atoms with Crippen LogP contribution in [0.25, 0.3) is 0 Å². The Morgan fingerprint density at radius 1 is 1.46 bits per heavy atom. The molecule has 0 amide bonds. The van der Waals surface area contributed by atoms with E-state index in [0.717, 1.165) is 6.42 Å². The average molecular weight is 182 g/mol. The van der Waals surface area contributed by atoms with Crippen LogP contribution >= 0.6 is 0 Å². The molecular weight excluding hydrogens is 160 g/mol. The summed E-state index contributed by atoms with van der Waals surface area (Å²) in [6, 6.07) is 0. The molecule has 1 fully saturated rings. The second kappa shape index (κ2) is 3.83. The first-order chi connectivity index (χ1) is 5.96. The first-order valence-corrected chi connectivity index (χ1v) is 5.27. The SMILES string of the molecule is CC(C)=CCCC1(C)OC1C(C)C. The third kappa shape index (κ3) is 2.84. The Hall–Kier alpha value is -0.300. The maximum absolute atomic E-state index is 5.72. The van der Waals surface area contributed by atoms with Crippen molar-refractivity contribution in [2.45, 2.75) is 59.2 Å². The number of rotatable bonds is 4. The molecule has 1 aliphatic heterocycles. The Bertz CT molecular complexity index is 201. The number of hydrogen-bond acceptors (Lipinski definition) is 1. The zero-order valence-corrected chi connectivity index (χ0v) is 9.55. The van der Waals surface area contributed by atoms with Crippen LogP contribution in [0.2, 0.25) is 0 Å². The Morgan fingerprint density at radius 3 is 2.46 bits per heavy atom. The minimum atomic E-state index is 0.181. The van der Waals surface area contributed by atoms with Crippen molar-refractivity contribution in [2.24, 2.45) is 5.92 Å². The van der Waals surface area contributed by atoms with E-state index in [1.807, 2.05) is 0 Å². The molecule has 0 aromatic carbocycles. The summed E-state index contributed by atoms with van der Waals surface area (Å²) in [5.41, 5.74) is 1.59. The minimum Gasteiger partial charge on any atom is -0.366 e. The Labute approximate surface area is 82.2 Å². The highest BCUT2D eigenvalue weighted by molar-refractivity contribution is 5.03. The standard InChI is InChI=1S/C12H22O/c1-9(2)7-6-8-12(5)11(13-12)10(3)4/h7,10-11H,6,8H2,1-5H3. The van der Waals surface area contributed by atoms with Crippen LogP contribution in [0.3, 0.4) is 0 Å². The number of allylic oxidation sites excluding steroid dienone is 2. The van der Waals surface area contributed by atoms with E-state index < -0.39 is 0 Å². The monoisotopic (exact) mass is 182 g/mol. The van der Waals surface area contributed by atoms with E-state index in [4.69, 9.17) is 4.74 Å². The van der Waals surface area contributed by atoms with E-state index in [1.54, 1.807) is 0 Å². The average Bonchev–Trinajstić information content (AvgIpc) is 2.62. The van der Waals surface area contributed by atoms with Crippen molar-refractivity contribution in [3.05, 3.63) is 11.6 Å². The Morgan fingerprint density at radius 2 is 2.08 bits per heavy atom. The largest absolute Gasteiger partial charge is 0.366 e. The summed E-state index contributed by atoms with van der Waals surface area (Å²) >= 11 is 0. The van der Waals surface area contributed by atoms with E-state index in [0.29, 0.717) is 12.0 Å². The maximum atomic E-state index is 5.72. The van der Waals surface area contributed by atoms with Gasteiger partial charge in [-0.05, 0) is 39.5 Å². The second-order valence-electron chi connectivity index (χ2n) is 4.92. The van der Waals surface area contributed by atoms with Crippen LogP contribution in [0.5, 0.6) is 0 Å². The lowest BCUT2D eigenvalue weighted by molar-refractivity contribution is 0.285. The molecule has 1 rings (SSSR count). The van der Waals surface area contributed by atoms with Crippen molar-refractivity contribution in [3.63, 3.8) is 0 Å². The van der Waals surface area contributed by atoms with E-state index in [1.165, 1.54) is 12.0 Å². The minimum absolute atomic E-state index is 0.181. The second-order valence-corrected chi connectivity index (χ2v) is 4.92. The fourth-order valence-corrected chi connectivity index (χ4v) is 1.95. The molecule has 1 heteroatoms. The maximum Gasteiger partial charge on any atom is 0.0926 e. The molecule has 1 heterocycles. The molecule has 76 valence electrons. The summed E-state index contributed by atoms with van der Waals surface area (Å²) in [6.07, 6.45) is 5.12. The fraction of sp³-hybridized carbons (Fsp3) is 0.833. The lowest BCUT2D eigenvalue weighted by Gasteiger charge is -2.05. The third-order valence-corrected chi connectivity index (χ3v) is 2.74. The predicted octanol–water partition coefficient (Wildman–Crippen LogP) is 3.55. The van der Waals surface area contributed by atoms with Gasteiger partial charge in [-0.25, -0.2) is 0 Å². The first-order valence-electron chi connectivity index (χ1n) is 5.27. The van der Waals surface area contributed by atoms with Gasteiger partial charge in [0.15, 0.2) is 0 Å². The van der Waals surface area contributed by atoms with E-state index in [2.05, 4.69) is 40.7 Å². The van der Waals surface area contributed by atoms with Crippen molar-refractivity contribution >= 4 is 0 Å². The number of hydrogen-bond donors (Lipinski definition) is 0. The Balaban J connectivity index is 2.28. The summed E-state index contributed by atoms with van der Waals surface area (Å²) in [7, 11) is 0. The van der Waals surface area contributed by atoms with Gasteiger partial charge < -0.3 is 4.74 Å². The van der Waals surface area contributed by atoms with E-state index in [9.17, 15) is 0 Å². The lowest BCUT2D eigenvalue weighted by atomic mass is 9.94. The highest BCUT2D eigenvalue weighted by Crippen LogP contribution is 2.44. The first kappa shape index (κ1) is 10.8. The zero-order valence-electron chi connectivity index (χ0n) is 9.55. The molecule has 0 spiro atoms. The normalized spacial score (nSPS) is 32.0. The Kier molecular flexibility index (Phi) is 3.18. The number of epoxide rings is 1. The van der Waals surface area contributed by atoms with Gasteiger partial charge in [-0.2, -0.15) is 0 Å². The van der Waals surface area contributed by atoms with Crippen molar-refractivity contribution in [1.82, 2.24) is 0 Å². The number of ether oxygens (including phenoxy) is 1. The highest BCUT2D eigenvalue weighted by atomic mass is 16.6. The molecule has 0 aromatic heterocycles. The molecule has 0 radical (unpaired) electrons. The van der Waals surface area contributed by atoms with Gasteiger partial charge in [0.1, 0.15) is 0 Å². The molecule has 0 aliphatic carbocycles. The smallest absolute Gasteiger partial charge is 0.0926 e. The molecule has 0 saturated carbocycles. The predicted molar refractivity (Wildman–Crippen MR) is 56.8 cm³/mol. The van der Waals surface area contributed by atoms with Crippen molar-refractivity contribution in [1.29, 1.82) is 0 Å². The van der Waals surface area contributed by atoms with Crippen LogP contribution in [-0.4, -0.2) is 11.7 Å². The molecule has 2 unspecified atom stereocenters. The quantitative estimate of drug-likeness (QED) is 0.478. The molecular formula is C12H22O. The van der Waals surface area contributed by atoms with Gasteiger partial charge in [-0.15, -0.1) is 0 Å². The van der Waals surface area contributed by atoms with Crippen LogP contribution in [0, 0.1) is 5.92 Å². The zero-order chi connectivity index (χ0) is 10.1. The summed E-state index contributed by atoms with van der Waals surface area (Å²) in [4.78, 5) is 0. The molecule has 1 nitrogen and oxygen atoms in total. The van der Waals surface area contributed by atoms with Crippen LogP contribution in [0.4, 0.5) is 0 Å². The molecule has 1 aliphatic rings. The van der Waals surface area contributed by atoms with Crippen LogP contribution < -0.4 is 0 Å². The summed E-state index contributed by atoms with van der Waals surface area (Å²) in [6.45, 7) is 11.0. The third-order valence-electron chi connectivity index (χ3n) is 2.74. The molecule has 2 atom stereocenters. The van der Waals surface area contributed by atoms with Crippen molar-refractivity contribution in [2.75, 3.05) is 0 Å². The molecule has 0 bridgehead atoms. The molecule has 1 saturated heterocycles. The van der Waals surface area contributed by atoms with Crippen molar-refractivity contribution < 1.29 is 4.74 Å². The van der Waals surface area contributed by atoms with E-state index >= 15 is 0 Å². The van der Waals surface area contributed by atoms with Gasteiger partial charge in [0.2, 0.25) is 0 Å². The van der Waals surface area contributed by atoms with Crippen molar-refractivity contribution in [3.8, 4) is 0 Å². The van der Waals surface area contributed by atoms with E-state index in [-0.39, 0.29) is 5.60 Å². The molecule has 0 aromatic rings. The van der Waals surface area contributed by atoms with Gasteiger partial charge in [-0.1, -0.05) is 25.5 Å². The van der Waals surface area contributed by atoms with Crippen LogP contribution in [0.1, 0.15) is 47.5 Å². The van der Waals surface area contributed by atoms with Crippen LogP contribution in [-0.2, 0) is 4.74 Å². The van der Waals surface area contributed by atoms with Gasteiger partial charge in [0.05, 0.1) is 11.7 Å². The van der Waals surface area contributed by atoms with Gasteiger partial charge in [0.25, 0.3) is 0 Å². The topological polar surface area (TPSA) is 12.5 Å². The highest BCUT2D eigenvalue weighted by Gasteiger charge is 2.52. The molecule has 0 N–H and O–H groups in total. The summed E-state index contributed by atoms with van der Waals surface area (Å²) < 4.78 is 5.72. The fourth-order valence-electron chi connectivity index (χ4n) is 1.95. The lowest BCUT2D eigenvalue weighted by Crippen LogP contribution is -2.13. The summed E-state index contributed by atoms with van der Waals surface area (Å²) in [5.74, 6) is 0.664.